The lowest BCUT2D eigenvalue weighted by Crippen LogP contribution is -2.40. The smallest absolute Gasteiger partial charge is 0.324 e. The summed E-state index contributed by atoms with van der Waals surface area (Å²) < 4.78 is 50.9. The Balaban J connectivity index is 1.87. The number of esters is 1. The third-order valence-electron chi connectivity index (χ3n) is 3.88. The number of para-hydroxylation sites is 1. The molecule has 1 aliphatic rings. The molecule has 3 rings (SSSR count). The van der Waals surface area contributed by atoms with Crippen LogP contribution in [-0.4, -0.2) is 44.5 Å². The van der Waals surface area contributed by atoms with Crippen molar-refractivity contribution >= 4 is 27.3 Å². The van der Waals surface area contributed by atoms with E-state index < -0.39 is 34.0 Å². The van der Waals surface area contributed by atoms with E-state index in [1.807, 2.05) is 0 Å². The van der Waals surface area contributed by atoms with Gasteiger partial charge in [-0.3, -0.25) is 4.79 Å². The van der Waals surface area contributed by atoms with Crippen LogP contribution >= 0.6 is 11.3 Å². The lowest BCUT2D eigenvalue weighted by Gasteiger charge is -2.20. The highest BCUT2D eigenvalue weighted by atomic mass is 32.2. The van der Waals surface area contributed by atoms with Crippen LogP contribution in [0.25, 0.3) is 0 Å². The zero-order chi connectivity index (χ0) is 18.0. The molecule has 0 unspecified atom stereocenters. The van der Waals surface area contributed by atoms with Gasteiger partial charge in [0, 0.05) is 6.42 Å². The Labute approximate surface area is 148 Å². The van der Waals surface area contributed by atoms with E-state index in [2.05, 4.69) is 0 Å². The number of benzene rings is 1. The maximum absolute atomic E-state index is 13.8. The zero-order valence-electron chi connectivity index (χ0n) is 13.3. The van der Waals surface area contributed by atoms with Crippen LogP contribution < -0.4 is 4.74 Å². The van der Waals surface area contributed by atoms with Crippen molar-refractivity contribution in [1.82, 2.24) is 4.31 Å². The van der Waals surface area contributed by atoms with E-state index in [0.29, 0.717) is 0 Å². The summed E-state index contributed by atoms with van der Waals surface area (Å²) in [5.41, 5.74) is 0. The topological polar surface area (TPSA) is 72.9 Å². The second-order valence-electron chi connectivity index (χ2n) is 5.45. The van der Waals surface area contributed by atoms with Crippen LogP contribution in [0.3, 0.4) is 0 Å². The summed E-state index contributed by atoms with van der Waals surface area (Å²) in [5, 5.41) is 1.64. The molecule has 1 aliphatic heterocycles. The molecule has 2 aromatic rings. The summed E-state index contributed by atoms with van der Waals surface area (Å²) in [7, 11) is -2.66. The maximum Gasteiger partial charge on any atom is 0.324 e. The number of halogens is 1. The van der Waals surface area contributed by atoms with Crippen LogP contribution in [0, 0.1) is 5.82 Å². The molecule has 1 aromatic carbocycles. The van der Waals surface area contributed by atoms with Crippen molar-refractivity contribution in [2.45, 2.75) is 22.8 Å². The minimum absolute atomic E-state index is 0.0199. The lowest BCUT2D eigenvalue weighted by atomic mass is 10.2. The van der Waals surface area contributed by atoms with Gasteiger partial charge in [0.05, 0.1) is 13.7 Å². The van der Waals surface area contributed by atoms with E-state index in [-0.39, 0.29) is 22.9 Å². The molecule has 0 saturated carbocycles. The van der Waals surface area contributed by atoms with Gasteiger partial charge in [-0.1, -0.05) is 18.2 Å². The van der Waals surface area contributed by atoms with Gasteiger partial charge in [0.1, 0.15) is 16.4 Å². The summed E-state index contributed by atoms with van der Waals surface area (Å²) in [4.78, 5) is 12.1. The first-order valence-corrected chi connectivity index (χ1v) is 9.80. The van der Waals surface area contributed by atoms with Gasteiger partial charge in [0.15, 0.2) is 11.6 Å². The number of methoxy groups -OCH3 is 1. The number of carbonyl (C=O) groups excluding carboxylic acids is 1. The predicted molar refractivity (Wildman–Crippen MR) is 89.4 cm³/mol. The Kier molecular flexibility index (Phi) is 5.07. The molecule has 6 nitrogen and oxygen atoms in total. The fraction of sp³-hybridized carbons (Fsp3) is 0.312. The van der Waals surface area contributed by atoms with Crippen molar-refractivity contribution in [3.63, 3.8) is 0 Å². The molecule has 0 spiro atoms. The molecule has 1 saturated heterocycles. The molecule has 1 aromatic heterocycles. The number of ether oxygens (including phenoxy) is 2. The largest absolute Gasteiger partial charge is 0.486 e. The third kappa shape index (κ3) is 3.53. The second kappa shape index (κ2) is 7.11. The van der Waals surface area contributed by atoms with Crippen molar-refractivity contribution in [3.8, 4) is 5.75 Å². The average molecular weight is 385 g/mol. The minimum Gasteiger partial charge on any atom is -0.486 e. The standard InChI is InChI=1S/C16H16FNO5S2/c1-22-16(19)13-9-11(23-14-6-3-2-5-12(14)17)10-18(13)25(20,21)15-7-4-8-24-15/h2-8,11,13H,9-10H2,1H3/t11-,13-/m1/s1. The highest BCUT2D eigenvalue weighted by Gasteiger charge is 2.46. The van der Waals surface area contributed by atoms with Crippen molar-refractivity contribution in [2.75, 3.05) is 13.7 Å². The Morgan fingerprint density at radius 3 is 2.68 bits per heavy atom. The number of thiophene rings is 1. The van der Waals surface area contributed by atoms with E-state index in [4.69, 9.17) is 9.47 Å². The Morgan fingerprint density at radius 1 is 1.28 bits per heavy atom. The molecule has 1 fully saturated rings. The van der Waals surface area contributed by atoms with E-state index in [1.165, 1.54) is 31.4 Å². The minimum atomic E-state index is -3.86. The average Bonchev–Trinajstić information content (AvgIpc) is 3.26. The van der Waals surface area contributed by atoms with Crippen LogP contribution in [0.1, 0.15) is 6.42 Å². The molecule has 0 amide bonds. The van der Waals surface area contributed by atoms with Crippen LogP contribution in [0.15, 0.2) is 46.0 Å². The van der Waals surface area contributed by atoms with Gasteiger partial charge >= 0.3 is 5.97 Å². The van der Waals surface area contributed by atoms with Crippen molar-refractivity contribution in [3.05, 3.63) is 47.6 Å². The van der Waals surface area contributed by atoms with Crippen LogP contribution in [0.4, 0.5) is 4.39 Å². The van der Waals surface area contributed by atoms with Gasteiger partial charge in [0.2, 0.25) is 0 Å². The number of hydrogen-bond donors (Lipinski definition) is 0. The Bertz CT molecular complexity index is 853. The molecule has 9 heteroatoms. The molecular weight excluding hydrogens is 369 g/mol. The molecule has 0 N–H and O–H groups in total. The molecule has 134 valence electrons. The SMILES string of the molecule is COC(=O)[C@H]1C[C@@H](Oc2ccccc2F)CN1S(=O)(=O)c1cccs1. The molecule has 0 aliphatic carbocycles. The number of carbonyl (C=O) groups is 1. The van der Waals surface area contributed by atoms with Gasteiger partial charge in [-0.05, 0) is 23.6 Å². The highest BCUT2D eigenvalue weighted by molar-refractivity contribution is 7.91. The summed E-state index contributed by atoms with van der Waals surface area (Å²) >= 11 is 1.06. The van der Waals surface area contributed by atoms with Crippen LogP contribution in [-0.2, 0) is 19.6 Å². The third-order valence-corrected chi connectivity index (χ3v) is 7.13. The van der Waals surface area contributed by atoms with Gasteiger partial charge in [0.25, 0.3) is 10.0 Å². The first kappa shape index (κ1) is 17.8. The van der Waals surface area contributed by atoms with Crippen molar-refractivity contribution in [1.29, 1.82) is 0 Å². The van der Waals surface area contributed by atoms with Gasteiger partial charge in [-0.2, -0.15) is 4.31 Å². The molecule has 2 heterocycles. The molecule has 2 atom stereocenters. The summed E-state index contributed by atoms with van der Waals surface area (Å²) in [6, 6.07) is 7.94. The van der Waals surface area contributed by atoms with Gasteiger partial charge in [-0.25, -0.2) is 12.8 Å². The van der Waals surface area contributed by atoms with E-state index in [9.17, 15) is 17.6 Å². The van der Waals surface area contributed by atoms with Gasteiger partial charge in [-0.15, -0.1) is 11.3 Å². The number of nitrogens with zero attached hydrogens (tertiary/aromatic N) is 1. The van der Waals surface area contributed by atoms with Gasteiger partial charge < -0.3 is 9.47 Å². The second-order valence-corrected chi connectivity index (χ2v) is 8.52. The van der Waals surface area contributed by atoms with Crippen molar-refractivity contribution < 1.29 is 27.1 Å². The molecule has 0 radical (unpaired) electrons. The predicted octanol–water partition coefficient (Wildman–Crippen LogP) is 2.27. The number of hydrogen-bond acceptors (Lipinski definition) is 6. The number of rotatable bonds is 5. The van der Waals surface area contributed by atoms with E-state index in [0.717, 1.165) is 15.6 Å². The Hall–Kier alpha value is -1.97. The van der Waals surface area contributed by atoms with Crippen LogP contribution in [0.2, 0.25) is 0 Å². The van der Waals surface area contributed by atoms with Crippen LogP contribution in [0.5, 0.6) is 5.75 Å². The lowest BCUT2D eigenvalue weighted by molar-refractivity contribution is -0.144. The van der Waals surface area contributed by atoms with Crippen molar-refractivity contribution in [2.24, 2.45) is 0 Å². The molecular formula is C16H16FNO5S2. The number of sulfonamides is 1. The fourth-order valence-electron chi connectivity index (χ4n) is 2.72. The fourth-order valence-corrected chi connectivity index (χ4v) is 5.46. The monoisotopic (exact) mass is 385 g/mol. The summed E-state index contributed by atoms with van der Waals surface area (Å²) in [6.45, 7) is -0.0612. The molecule has 0 bridgehead atoms. The normalized spacial score (nSPS) is 21.2. The molecule has 25 heavy (non-hydrogen) atoms. The van der Waals surface area contributed by atoms with E-state index in [1.54, 1.807) is 17.5 Å². The van der Waals surface area contributed by atoms with E-state index >= 15 is 0 Å². The zero-order valence-corrected chi connectivity index (χ0v) is 14.9. The highest BCUT2D eigenvalue weighted by Crippen LogP contribution is 2.31. The summed E-state index contributed by atoms with van der Waals surface area (Å²) in [5.74, 6) is -1.19. The summed E-state index contributed by atoms with van der Waals surface area (Å²) in [6.07, 6.45) is -0.568. The maximum atomic E-state index is 13.8. The quantitative estimate of drug-likeness (QED) is 0.739. The Morgan fingerprint density at radius 2 is 2.04 bits per heavy atom. The first-order chi connectivity index (χ1) is 11.9. The first-order valence-electron chi connectivity index (χ1n) is 7.48.